The molecule has 0 fully saturated rings. The number of nitrogens with one attached hydrogen (secondary N) is 1. The Morgan fingerprint density at radius 1 is 0.774 bits per heavy atom. The minimum Gasteiger partial charge on any atom is -0.456 e. The van der Waals surface area contributed by atoms with Crippen molar-refractivity contribution in [1.82, 2.24) is 0 Å². The maximum Gasteiger partial charge on any atom is 0.239 e. The fraction of sp³-hybridized carbons (Fsp3) is 0.0800. The third kappa shape index (κ3) is 3.90. The van der Waals surface area contributed by atoms with Crippen molar-refractivity contribution in [2.45, 2.75) is 5.75 Å². The summed E-state index contributed by atoms with van der Waals surface area (Å²) in [5, 5.41) is 6.46. The average Bonchev–Trinajstić information content (AvgIpc) is 3.11. The molecule has 0 radical (unpaired) electrons. The van der Waals surface area contributed by atoms with Crippen molar-refractivity contribution in [3.05, 3.63) is 90.5 Å². The highest BCUT2D eigenvalue weighted by atomic mass is 32.2. The second kappa shape index (κ2) is 7.56. The van der Waals surface area contributed by atoms with Gasteiger partial charge in [0.2, 0.25) is 5.91 Å². The molecule has 5 nitrogen and oxygen atoms in total. The number of benzene rings is 4. The first-order valence-electron chi connectivity index (χ1n) is 9.87. The molecule has 4 aromatic carbocycles. The van der Waals surface area contributed by atoms with Crippen molar-refractivity contribution in [1.29, 1.82) is 0 Å². The maximum absolute atomic E-state index is 12.7. The lowest BCUT2D eigenvalue weighted by molar-refractivity contribution is -0.113. The van der Waals surface area contributed by atoms with Gasteiger partial charge in [0.15, 0.2) is 9.84 Å². The Morgan fingerprint density at radius 3 is 2.35 bits per heavy atom. The van der Waals surface area contributed by atoms with Gasteiger partial charge in [-0.25, -0.2) is 8.42 Å². The molecule has 0 aliphatic rings. The van der Waals surface area contributed by atoms with E-state index in [0.29, 0.717) is 16.8 Å². The molecule has 0 unspecified atom stereocenters. The summed E-state index contributed by atoms with van der Waals surface area (Å²) in [6.45, 7) is 0. The lowest BCUT2D eigenvalue weighted by Crippen LogP contribution is -2.24. The van der Waals surface area contributed by atoms with Crippen molar-refractivity contribution in [2.24, 2.45) is 0 Å². The molecule has 154 valence electrons. The van der Waals surface area contributed by atoms with E-state index in [2.05, 4.69) is 5.32 Å². The van der Waals surface area contributed by atoms with Gasteiger partial charge in [-0.15, -0.1) is 0 Å². The van der Waals surface area contributed by atoms with Gasteiger partial charge in [0.25, 0.3) is 0 Å². The van der Waals surface area contributed by atoms with Crippen molar-refractivity contribution < 1.29 is 17.6 Å². The number of para-hydroxylation sites is 1. The summed E-state index contributed by atoms with van der Waals surface area (Å²) < 4.78 is 31.2. The van der Waals surface area contributed by atoms with Crippen LogP contribution in [0.4, 0.5) is 5.69 Å². The molecule has 0 bridgehead atoms. The first-order valence-corrected chi connectivity index (χ1v) is 11.7. The van der Waals surface area contributed by atoms with Crippen LogP contribution in [0.2, 0.25) is 0 Å². The van der Waals surface area contributed by atoms with Crippen molar-refractivity contribution in [3.63, 3.8) is 0 Å². The molecular formula is C25H19NO4S. The molecule has 0 saturated heterocycles. The molecule has 1 amide bonds. The lowest BCUT2D eigenvalue weighted by Gasteiger charge is -2.09. The fourth-order valence-corrected chi connectivity index (χ4v) is 5.21. The van der Waals surface area contributed by atoms with Gasteiger partial charge in [-0.3, -0.25) is 4.79 Å². The van der Waals surface area contributed by atoms with Crippen molar-refractivity contribution in [3.8, 4) is 0 Å². The van der Waals surface area contributed by atoms with Gasteiger partial charge in [-0.05, 0) is 34.5 Å². The standard InChI is InChI=1S/C25H19NO4S/c27-25(16-31(28,29)15-18-8-5-7-17-6-1-2-9-20(17)18)26-19-12-13-22-21-10-3-4-11-23(21)30-24(22)14-19/h1-14H,15-16H2,(H,26,27). The van der Waals surface area contributed by atoms with Gasteiger partial charge in [-0.1, -0.05) is 60.7 Å². The smallest absolute Gasteiger partial charge is 0.239 e. The Balaban J connectivity index is 1.34. The van der Waals surface area contributed by atoms with E-state index >= 15 is 0 Å². The van der Waals surface area contributed by atoms with Gasteiger partial charge >= 0.3 is 0 Å². The predicted molar refractivity (Wildman–Crippen MR) is 124 cm³/mol. The Kier molecular flexibility index (Phi) is 4.71. The summed E-state index contributed by atoms with van der Waals surface area (Å²) in [7, 11) is -3.64. The SMILES string of the molecule is O=C(CS(=O)(=O)Cc1cccc2ccccc12)Nc1ccc2c(c1)oc1ccccc12. The van der Waals surface area contributed by atoms with E-state index in [-0.39, 0.29) is 5.75 Å². The molecule has 0 spiro atoms. The molecule has 0 atom stereocenters. The molecule has 5 rings (SSSR count). The Bertz CT molecular complexity index is 1550. The van der Waals surface area contributed by atoms with Crippen molar-refractivity contribution in [2.75, 3.05) is 11.1 Å². The van der Waals surface area contributed by atoms with Crippen LogP contribution in [0.1, 0.15) is 5.56 Å². The van der Waals surface area contributed by atoms with Gasteiger partial charge in [0.05, 0.1) is 5.75 Å². The second-order valence-corrected chi connectivity index (χ2v) is 9.59. The first kappa shape index (κ1) is 19.3. The van der Waals surface area contributed by atoms with Crippen LogP contribution in [0, 0.1) is 0 Å². The number of anilines is 1. The van der Waals surface area contributed by atoms with E-state index in [1.165, 1.54) is 0 Å². The Labute approximate surface area is 179 Å². The minimum absolute atomic E-state index is 0.190. The van der Waals surface area contributed by atoms with Gasteiger partial charge in [0.1, 0.15) is 16.9 Å². The molecular weight excluding hydrogens is 410 g/mol. The van der Waals surface area contributed by atoms with Gasteiger partial charge in [-0.2, -0.15) is 0 Å². The number of rotatable bonds is 5. The zero-order chi connectivity index (χ0) is 21.4. The van der Waals surface area contributed by atoms with E-state index in [4.69, 9.17) is 4.42 Å². The number of carbonyl (C=O) groups excluding carboxylic acids is 1. The van der Waals surface area contributed by atoms with E-state index < -0.39 is 21.5 Å². The van der Waals surface area contributed by atoms with Crippen LogP contribution in [-0.2, 0) is 20.4 Å². The molecule has 1 aromatic heterocycles. The number of amides is 1. The van der Waals surface area contributed by atoms with E-state index in [1.54, 1.807) is 18.2 Å². The summed E-state index contributed by atoms with van der Waals surface area (Å²) in [5.41, 5.74) is 2.59. The molecule has 31 heavy (non-hydrogen) atoms. The number of fused-ring (bicyclic) bond motifs is 4. The maximum atomic E-state index is 12.7. The van der Waals surface area contributed by atoms with E-state index in [1.807, 2.05) is 66.7 Å². The van der Waals surface area contributed by atoms with Crippen LogP contribution >= 0.6 is 0 Å². The predicted octanol–water partition coefficient (Wildman–Crippen LogP) is 5.29. The fourth-order valence-electron chi connectivity index (χ4n) is 3.91. The third-order valence-electron chi connectivity index (χ3n) is 5.27. The lowest BCUT2D eigenvalue weighted by atomic mass is 10.1. The van der Waals surface area contributed by atoms with Crippen LogP contribution < -0.4 is 5.32 Å². The van der Waals surface area contributed by atoms with Crippen LogP contribution in [0.15, 0.2) is 89.3 Å². The van der Waals surface area contributed by atoms with Crippen LogP contribution in [0.3, 0.4) is 0 Å². The summed E-state index contributed by atoms with van der Waals surface area (Å²) in [6.07, 6.45) is 0. The summed E-state index contributed by atoms with van der Waals surface area (Å²) in [4.78, 5) is 12.5. The summed E-state index contributed by atoms with van der Waals surface area (Å²) in [5.74, 6) is -1.35. The molecule has 1 heterocycles. The quantitative estimate of drug-likeness (QED) is 0.412. The summed E-state index contributed by atoms with van der Waals surface area (Å²) >= 11 is 0. The highest BCUT2D eigenvalue weighted by molar-refractivity contribution is 7.91. The highest BCUT2D eigenvalue weighted by Gasteiger charge is 2.19. The average molecular weight is 429 g/mol. The van der Waals surface area contributed by atoms with Crippen molar-refractivity contribution >= 4 is 54.1 Å². The molecule has 0 aliphatic carbocycles. The third-order valence-corrected chi connectivity index (χ3v) is 6.72. The van der Waals surface area contributed by atoms with Crippen LogP contribution in [0.5, 0.6) is 0 Å². The van der Waals surface area contributed by atoms with E-state index in [9.17, 15) is 13.2 Å². The molecule has 0 aliphatic heterocycles. The molecule has 0 saturated carbocycles. The number of sulfone groups is 1. The number of furan rings is 1. The monoisotopic (exact) mass is 429 g/mol. The number of hydrogen-bond acceptors (Lipinski definition) is 4. The normalized spacial score (nSPS) is 11.9. The first-order chi connectivity index (χ1) is 15.0. The molecule has 6 heteroatoms. The number of hydrogen-bond donors (Lipinski definition) is 1. The minimum atomic E-state index is -3.64. The van der Waals surface area contributed by atoms with Gasteiger partial charge < -0.3 is 9.73 Å². The Hall–Kier alpha value is -3.64. The highest BCUT2D eigenvalue weighted by Crippen LogP contribution is 2.30. The zero-order valence-electron chi connectivity index (χ0n) is 16.5. The number of carbonyl (C=O) groups is 1. The Morgan fingerprint density at radius 2 is 1.48 bits per heavy atom. The van der Waals surface area contributed by atoms with E-state index in [0.717, 1.165) is 27.1 Å². The topological polar surface area (TPSA) is 76.4 Å². The largest absolute Gasteiger partial charge is 0.456 e. The second-order valence-electron chi connectivity index (χ2n) is 7.53. The van der Waals surface area contributed by atoms with Crippen LogP contribution in [0.25, 0.3) is 32.7 Å². The van der Waals surface area contributed by atoms with Crippen LogP contribution in [-0.4, -0.2) is 20.1 Å². The van der Waals surface area contributed by atoms with Gasteiger partial charge in [0, 0.05) is 22.5 Å². The zero-order valence-corrected chi connectivity index (χ0v) is 17.4. The molecule has 1 N–H and O–H groups in total. The molecule has 5 aromatic rings. The summed E-state index contributed by atoms with van der Waals surface area (Å²) in [6, 6.07) is 26.2.